The molecule has 3 aromatic heterocycles. The molecule has 0 aliphatic heterocycles. The molecule has 0 saturated heterocycles. The van der Waals surface area contributed by atoms with Gasteiger partial charge in [-0.05, 0) is 42.8 Å². The molecule has 0 amide bonds. The van der Waals surface area contributed by atoms with E-state index in [0.717, 1.165) is 38.6 Å². The van der Waals surface area contributed by atoms with Gasteiger partial charge in [0.05, 0.1) is 18.4 Å². The van der Waals surface area contributed by atoms with Crippen LogP contribution >= 0.6 is 23.4 Å². The fraction of sp³-hybridized carbons (Fsp3) is 0.143. The number of aromatic nitrogens is 5. The maximum atomic E-state index is 6.05. The summed E-state index contributed by atoms with van der Waals surface area (Å²) >= 11 is 7.53. The zero-order chi connectivity index (χ0) is 20.7. The van der Waals surface area contributed by atoms with E-state index in [0.29, 0.717) is 22.5 Å². The van der Waals surface area contributed by atoms with E-state index in [-0.39, 0.29) is 0 Å². The van der Waals surface area contributed by atoms with Crippen LogP contribution in [0.2, 0.25) is 5.02 Å². The molecule has 0 saturated carbocycles. The van der Waals surface area contributed by atoms with Crippen molar-refractivity contribution in [2.24, 2.45) is 0 Å². The Kier molecular flexibility index (Phi) is 4.80. The van der Waals surface area contributed by atoms with E-state index in [2.05, 4.69) is 27.3 Å². The zero-order valence-corrected chi connectivity index (χ0v) is 17.7. The van der Waals surface area contributed by atoms with Crippen molar-refractivity contribution in [1.29, 1.82) is 0 Å². The fourth-order valence-corrected chi connectivity index (χ4v) is 4.29. The van der Waals surface area contributed by atoms with E-state index < -0.39 is 0 Å². The van der Waals surface area contributed by atoms with Gasteiger partial charge in [-0.1, -0.05) is 40.7 Å². The van der Waals surface area contributed by atoms with Gasteiger partial charge in [0, 0.05) is 22.0 Å². The number of benzene rings is 2. The number of rotatable bonds is 5. The molecular weight excluding hydrogens is 422 g/mol. The number of hydrogen-bond acceptors (Lipinski definition) is 7. The lowest BCUT2D eigenvalue weighted by Gasteiger charge is -2.09. The third-order valence-electron chi connectivity index (χ3n) is 4.75. The average molecular weight is 438 g/mol. The molecule has 0 unspecified atom stereocenters. The van der Waals surface area contributed by atoms with Crippen molar-refractivity contribution in [3.8, 4) is 17.1 Å². The molecule has 0 radical (unpaired) electrons. The summed E-state index contributed by atoms with van der Waals surface area (Å²) in [5.74, 6) is 2.25. The summed E-state index contributed by atoms with van der Waals surface area (Å²) in [6.07, 6.45) is 0. The van der Waals surface area contributed by atoms with Gasteiger partial charge < -0.3 is 9.26 Å². The zero-order valence-electron chi connectivity index (χ0n) is 16.2. The van der Waals surface area contributed by atoms with Gasteiger partial charge in [-0.3, -0.25) is 4.40 Å². The minimum absolute atomic E-state index is 0.466. The van der Waals surface area contributed by atoms with Crippen LogP contribution in [0.4, 0.5) is 0 Å². The van der Waals surface area contributed by atoms with Crippen LogP contribution in [-0.2, 0) is 5.75 Å². The van der Waals surface area contributed by atoms with Crippen LogP contribution in [0.5, 0.6) is 5.75 Å². The summed E-state index contributed by atoms with van der Waals surface area (Å²) in [4.78, 5) is 4.47. The number of thioether (sulfide) groups is 1. The maximum absolute atomic E-state index is 6.05. The molecule has 0 atom stereocenters. The Labute approximate surface area is 181 Å². The number of ether oxygens (including phenoxy) is 1. The molecule has 150 valence electrons. The van der Waals surface area contributed by atoms with Crippen LogP contribution < -0.4 is 4.74 Å². The van der Waals surface area contributed by atoms with Gasteiger partial charge in [0.1, 0.15) is 5.75 Å². The van der Waals surface area contributed by atoms with E-state index in [4.69, 9.17) is 20.9 Å². The Bertz CT molecular complexity index is 1380. The van der Waals surface area contributed by atoms with Gasteiger partial charge in [-0.2, -0.15) is 4.98 Å². The van der Waals surface area contributed by atoms with Crippen molar-refractivity contribution in [1.82, 2.24) is 24.7 Å². The molecule has 0 aliphatic carbocycles. The molecule has 0 fully saturated rings. The summed E-state index contributed by atoms with van der Waals surface area (Å²) in [5.41, 5.74) is 3.71. The predicted octanol–water partition coefficient (Wildman–Crippen LogP) is 5.20. The molecule has 5 rings (SSSR count). The molecule has 5 aromatic rings. The van der Waals surface area contributed by atoms with Crippen molar-refractivity contribution in [2.75, 3.05) is 7.11 Å². The highest BCUT2D eigenvalue weighted by atomic mass is 35.5. The molecular formula is C21H16ClN5O2S. The lowest BCUT2D eigenvalue weighted by atomic mass is 10.1. The van der Waals surface area contributed by atoms with Crippen LogP contribution in [0.15, 0.2) is 58.2 Å². The first-order chi connectivity index (χ1) is 14.6. The normalized spacial score (nSPS) is 11.4. The molecule has 2 aromatic carbocycles. The van der Waals surface area contributed by atoms with Crippen LogP contribution in [-0.4, -0.2) is 31.8 Å². The molecule has 0 aliphatic rings. The monoisotopic (exact) mass is 437 g/mol. The maximum Gasteiger partial charge on any atom is 0.237 e. The Morgan fingerprint density at radius 1 is 1.13 bits per heavy atom. The number of methoxy groups -OCH3 is 1. The van der Waals surface area contributed by atoms with Gasteiger partial charge in [0.15, 0.2) is 10.8 Å². The molecule has 7 nitrogen and oxygen atoms in total. The summed E-state index contributed by atoms with van der Waals surface area (Å²) in [6, 6.07) is 15.4. The van der Waals surface area contributed by atoms with Crippen molar-refractivity contribution in [2.45, 2.75) is 17.8 Å². The largest absolute Gasteiger partial charge is 0.497 e. The lowest BCUT2D eigenvalue weighted by Crippen LogP contribution is -1.95. The highest BCUT2D eigenvalue weighted by Gasteiger charge is 2.15. The highest BCUT2D eigenvalue weighted by Crippen LogP contribution is 2.30. The first kappa shape index (κ1) is 18.9. The average Bonchev–Trinajstić information content (AvgIpc) is 3.39. The molecule has 3 heterocycles. The molecule has 9 heteroatoms. The third-order valence-corrected chi connectivity index (χ3v) is 5.90. The number of aryl methyl sites for hydroxylation is 1. The summed E-state index contributed by atoms with van der Waals surface area (Å²) in [5, 5.41) is 15.2. The molecule has 0 N–H and O–H groups in total. The molecule has 0 bridgehead atoms. The smallest absolute Gasteiger partial charge is 0.237 e. The number of halogens is 1. The second-order valence-corrected chi connectivity index (χ2v) is 8.08. The quantitative estimate of drug-likeness (QED) is 0.350. The summed E-state index contributed by atoms with van der Waals surface area (Å²) in [7, 11) is 1.66. The van der Waals surface area contributed by atoms with E-state index in [9.17, 15) is 0 Å². The number of nitrogens with zero attached hydrogens (tertiary/aromatic N) is 5. The number of hydrogen-bond donors (Lipinski definition) is 0. The minimum Gasteiger partial charge on any atom is -0.497 e. The number of fused-ring (bicyclic) bond motifs is 3. The summed E-state index contributed by atoms with van der Waals surface area (Å²) < 4.78 is 12.8. The van der Waals surface area contributed by atoms with Crippen LogP contribution in [0, 0.1) is 6.92 Å². The Morgan fingerprint density at radius 2 is 2.03 bits per heavy atom. The second-order valence-electron chi connectivity index (χ2n) is 6.70. The second kappa shape index (κ2) is 7.62. The minimum atomic E-state index is 0.466. The van der Waals surface area contributed by atoms with E-state index in [1.54, 1.807) is 19.2 Å². The van der Waals surface area contributed by atoms with E-state index >= 15 is 0 Å². The van der Waals surface area contributed by atoms with E-state index in [1.807, 2.05) is 40.8 Å². The SMILES string of the molecule is COc1ccc2c(C)cc3nnc(SCc4nc(-c5cccc(Cl)c5)no4)n3c2c1. The van der Waals surface area contributed by atoms with Crippen molar-refractivity contribution in [3.05, 3.63) is 65.0 Å². The standard InChI is InChI=1S/C21H16ClN5O2S/c1-12-8-18-24-25-21(27(18)17-10-15(28-2)6-7-16(12)17)30-11-19-23-20(26-29-19)13-4-3-5-14(22)9-13/h3-10H,11H2,1-2H3. The van der Waals surface area contributed by atoms with Gasteiger partial charge in [0.25, 0.3) is 0 Å². The van der Waals surface area contributed by atoms with Crippen molar-refractivity contribution in [3.63, 3.8) is 0 Å². The first-order valence-electron chi connectivity index (χ1n) is 9.16. The van der Waals surface area contributed by atoms with Gasteiger partial charge in [-0.25, -0.2) is 0 Å². The fourth-order valence-electron chi connectivity index (χ4n) is 3.31. The topological polar surface area (TPSA) is 78.3 Å². The Hall–Kier alpha value is -3.10. The summed E-state index contributed by atoms with van der Waals surface area (Å²) in [6.45, 7) is 2.06. The highest BCUT2D eigenvalue weighted by molar-refractivity contribution is 7.98. The van der Waals surface area contributed by atoms with E-state index in [1.165, 1.54) is 11.8 Å². The lowest BCUT2D eigenvalue weighted by molar-refractivity contribution is 0.391. The molecule has 30 heavy (non-hydrogen) atoms. The van der Waals surface area contributed by atoms with Gasteiger partial charge >= 0.3 is 0 Å². The van der Waals surface area contributed by atoms with Crippen LogP contribution in [0.25, 0.3) is 27.9 Å². The Balaban J connectivity index is 1.47. The Morgan fingerprint density at radius 3 is 2.87 bits per heavy atom. The third kappa shape index (κ3) is 3.38. The molecule has 0 spiro atoms. The van der Waals surface area contributed by atoms with Crippen LogP contribution in [0.3, 0.4) is 0 Å². The van der Waals surface area contributed by atoms with Gasteiger partial charge in [-0.15, -0.1) is 10.2 Å². The predicted molar refractivity (Wildman–Crippen MR) is 116 cm³/mol. The van der Waals surface area contributed by atoms with Gasteiger partial charge in [0.2, 0.25) is 11.7 Å². The van der Waals surface area contributed by atoms with Crippen molar-refractivity contribution < 1.29 is 9.26 Å². The van der Waals surface area contributed by atoms with Crippen LogP contribution in [0.1, 0.15) is 11.5 Å². The van der Waals surface area contributed by atoms with Crippen molar-refractivity contribution >= 4 is 39.9 Å². The number of pyridine rings is 1. The first-order valence-corrected chi connectivity index (χ1v) is 10.5.